The Balaban J connectivity index is 1.77. The molecule has 0 bridgehead atoms. The molecule has 4 nitrogen and oxygen atoms in total. The van der Waals surface area contributed by atoms with Crippen molar-refractivity contribution in [3.8, 4) is 0 Å². The summed E-state index contributed by atoms with van der Waals surface area (Å²) in [5.74, 6) is -1.61. The molecule has 0 spiro atoms. The van der Waals surface area contributed by atoms with Gasteiger partial charge in [0, 0.05) is 32.7 Å². The lowest BCUT2D eigenvalue weighted by atomic mass is 10.0. The predicted octanol–water partition coefficient (Wildman–Crippen LogP) is 4.63. The summed E-state index contributed by atoms with van der Waals surface area (Å²) >= 11 is 5.92. The van der Waals surface area contributed by atoms with Gasteiger partial charge in [-0.05, 0) is 32.0 Å². The molecule has 0 unspecified atom stereocenters. The summed E-state index contributed by atoms with van der Waals surface area (Å²) in [6.45, 7) is 3.30. The maximum Gasteiger partial charge on any atom is 0.311 e. The van der Waals surface area contributed by atoms with E-state index in [4.69, 9.17) is 16.3 Å². The molecule has 3 aromatic rings. The highest BCUT2D eigenvalue weighted by molar-refractivity contribution is 6.31. The van der Waals surface area contributed by atoms with Crippen LogP contribution in [0.25, 0.3) is 10.9 Å². The van der Waals surface area contributed by atoms with Crippen molar-refractivity contribution in [3.63, 3.8) is 0 Å². The van der Waals surface area contributed by atoms with E-state index in [0.717, 1.165) is 10.9 Å². The summed E-state index contributed by atoms with van der Waals surface area (Å²) in [5.41, 5.74) is 2.09. The Morgan fingerprint density at radius 1 is 1.19 bits per heavy atom. The average molecular weight is 374 g/mol. The van der Waals surface area contributed by atoms with E-state index in [-0.39, 0.29) is 22.8 Å². The second-order valence-corrected chi connectivity index (χ2v) is 6.45. The largest absolute Gasteiger partial charge is 0.454 e. The van der Waals surface area contributed by atoms with Gasteiger partial charge in [-0.2, -0.15) is 0 Å². The first-order valence-electron chi connectivity index (χ1n) is 8.12. The maximum atomic E-state index is 13.8. The Kier molecular flexibility index (Phi) is 5.09. The Hall–Kier alpha value is -2.66. The average Bonchev–Trinajstić information content (AvgIpc) is 2.93. The molecule has 26 heavy (non-hydrogen) atoms. The van der Waals surface area contributed by atoms with Crippen molar-refractivity contribution in [2.75, 3.05) is 0 Å². The van der Waals surface area contributed by atoms with Crippen molar-refractivity contribution in [3.05, 3.63) is 70.1 Å². The number of rotatable bonds is 5. The van der Waals surface area contributed by atoms with E-state index in [0.29, 0.717) is 11.3 Å². The van der Waals surface area contributed by atoms with Crippen molar-refractivity contribution in [2.24, 2.45) is 0 Å². The number of carbonyl (C=O) groups excluding carboxylic acids is 2. The fourth-order valence-corrected chi connectivity index (χ4v) is 3.17. The van der Waals surface area contributed by atoms with Crippen LogP contribution in [0.1, 0.15) is 28.5 Å². The van der Waals surface area contributed by atoms with E-state index in [1.54, 1.807) is 6.92 Å². The Labute approximate surface area is 154 Å². The fraction of sp³-hybridized carbons (Fsp3) is 0.200. The summed E-state index contributed by atoms with van der Waals surface area (Å²) in [6, 6.07) is 11.6. The molecule has 1 atom stereocenters. The number of hydrogen-bond donors (Lipinski definition) is 1. The molecule has 0 fully saturated rings. The van der Waals surface area contributed by atoms with Gasteiger partial charge < -0.3 is 9.72 Å². The number of ether oxygens (including phenoxy) is 1. The molecule has 0 amide bonds. The minimum Gasteiger partial charge on any atom is -0.454 e. The third-order valence-corrected chi connectivity index (χ3v) is 4.55. The van der Waals surface area contributed by atoms with Crippen molar-refractivity contribution in [1.82, 2.24) is 4.98 Å². The molecule has 0 aliphatic rings. The Bertz CT molecular complexity index is 976. The number of esters is 1. The van der Waals surface area contributed by atoms with Crippen LogP contribution in [-0.2, 0) is 16.0 Å². The van der Waals surface area contributed by atoms with Crippen LogP contribution in [0.3, 0.4) is 0 Å². The van der Waals surface area contributed by atoms with E-state index in [1.165, 1.54) is 25.1 Å². The van der Waals surface area contributed by atoms with Crippen molar-refractivity contribution < 1.29 is 18.7 Å². The first kappa shape index (κ1) is 18.1. The molecule has 1 aromatic heterocycles. The second-order valence-electron chi connectivity index (χ2n) is 6.04. The van der Waals surface area contributed by atoms with Gasteiger partial charge in [0.15, 0.2) is 6.10 Å². The zero-order chi connectivity index (χ0) is 18.8. The number of Topliss-reactive ketones (excluding diaryl/α,β-unsaturated/α-hetero) is 1. The third-order valence-electron chi connectivity index (χ3n) is 4.20. The van der Waals surface area contributed by atoms with Crippen LogP contribution in [0.4, 0.5) is 4.39 Å². The van der Waals surface area contributed by atoms with Gasteiger partial charge in [0.05, 0.1) is 6.42 Å². The number of aromatic nitrogens is 1. The number of aryl methyl sites for hydroxylation is 1. The van der Waals surface area contributed by atoms with E-state index in [9.17, 15) is 14.0 Å². The van der Waals surface area contributed by atoms with E-state index in [1.807, 2.05) is 24.3 Å². The zero-order valence-corrected chi connectivity index (χ0v) is 15.1. The molecule has 134 valence electrons. The van der Waals surface area contributed by atoms with E-state index in [2.05, 4.69) is 4.98 Å². The number of para-hydroxylation sites is 1. The molecule has 0 aliphatic heterocycles. The summed E-state index contributed by atoms with van der Waals surface area (Å²) < 4.78 is 19.0. The van der Waals surface area contributed by atoms with Gasteiger partial charge >= 0.3 is 5.97 Å². The quantitative estimate of drug-likeness (QED) is 0.524. The highest BCUT2D eigenvalue weighted by Crippen LogP contribution is 2.24. The molecule has 3 rings (SSSR count). The Morgan fingerprint density at radius 2 is 1.92 bits per heavy atom. The maximum absolute atomic E-state index is 13.8. The summed E-state index contributed by atoms with van der Waals surface area (Å²) in [4.78, 5) is 28.0. The predicted molar refractivity (Wildman–Crippen MR) is 98.0 cm³/mol. The Morgan fingerprint density at radius 3 is 2.65 bits per heavy atom. The van der Waals surface area contributed by atoms with Gasteiger partial charge in [-0.25, -0.2) is 4.39 Å². The van der Waals surface area contributed by atoms with Crippen LogP contribution in [0.5, 0.6) is 0 Å². The number of H-pyrrole nitrogens is 1. The van der Waals surface area contributed by atoms with Crippen molar-refractivity contribution in [2.45, 2.75) is 26.4 Å². The lowest BCUT2D eigenvalue weighted by molar-refractivity contribution is -0.145. The van der Waals surface area contributed by atoms with Gasteiger partial charge in [-0.1, -0.05) is 35.9 Å². The number of fused-ring (bicyclic) bond motifs is 1. The summed E-state index contributed by atoms with van der Waals surface area (Å²) in [5, 5.41) is 0.920. The smallest absolute Gasteiger partial charge is 0.311 e. The minimum atomic E-state index is -0.994. The van der Waals surface area contributed by atoms with Gasteiger partial charge in [-0.15, -0.1) is 0 Å². The lowest BCUT2D eigenvalue weighted by Crippen LogP contribution is -2.26. The number of aromatic amines is 1. The highest BCUT2D eigenvalue weighted by atomic mass is 35.5. The van der Waals surface area contributed by atoms with Crippen molar-refractivity contribution >= 4 is 34.3 Å². The molecule has 2 aromatic carbocycles. The van der Waals surface area contributed by atoms with Gasteiger partial charge in [0.1, 0.15) is 5.82 Å². The van der Waals surface area contributed by atoms with Crippen LogP contribution < -0.4 is 0 Å². The highest BCUT2D eigenvalue weighted by Gasteiger charge is 2.25. The molecule has 0 radical (unpaired) electrons. The van der Waals surface area contributed by atoms with Crippen molar-refractivity contribution in [1.29, 1.82) is 0 Å². The fourth-order valence-electron chi connectivity index (χ4n) is 2.94. The van der Waals surface area contributed by atoms with Crippen LogP contribution in [0, 0.1) is 12.7 Å². The SMILES string of the molecule is Cc1[nH]c2ccccc2c1C(=O)[C@@H](C)OC(=O)Cc1c(F)cccc1Cl. The van der Waals surface area contributed by atoms with Crippen LogP contribution in [0.2, 0.25) is 5.02 Å². The third kappa shape index (κ3) is 3.48. The standard InChI is InChI=1S/C20H17ClFNO3/c1-11-19(13-6-3-4-9-17(13)23-11)20(25)12(2)26-18(24)10-14-15(21)7-5-8-16(14)22/h3-9,12,23H,10H2,1-2H3/t12-/m1/s1. The van der Waals surface area contributed by atoms with Crippen LogP contribution >= 0.6 is 11.6 Å². The second kappa shape index (κ2) is 7.30. The summed E-state index contributed by atoms with van der Waals surface area (Å²) in [6.07, 6.45) is -1.33. The van der Waals surface area contributed by atoms with E-state index >= 15 is 0 Å². The molecule has 1 N–H and O–H groups in total. The normalized spacial score (nSPS) is 12.2. The van der Waals surface area contributed by atoms with Crippen LogP contribution in [0.15, 0.2) is 42.5 Å². The van der Waals surface area contributed by atoms with Gasteiger partial charge in [0.2, 0.25) is 5.78 Å². The molecule has 0 saturated carbocycles. The number of hydrogen-bond acceptors (Lipinski definition) is 3. The summed E-state index contributed by atoms with van der Waals surface area (Å²) in [7, 11) is 0. The number of halogens is 2. The molecule has 6 heteroatoms. The molecule has 1 heterocycles. The first-order chi connectivity index (χ1) is 12.4. The number of ketones is 1. The van der Waals surface area contributed by atoms with Gasteiger partial charge in [-0.3, -0.25) is 9.59 Å². The van der Waals surface area contributed by atoms with Gasteiger partial charge in [0.25, 0.3) is 0 Å². The number of benzene rings is 2. The van der Waals surface area contributed by atoms with Crippen LogP contribution in [-0.4, -0.2) is 22.8 Å². The minimum absolute atomic E-state index is 0.0575. The molecular formula is C20H17ClFNO3. The topological polar surface area (TPSA) is 59.2 Å². The molecular weight excluding hydrogens is 357 g/mol. The monoisotopic (exact) mass is 373 g/mol. The first-order valence-corrected chi connectivity index (χ1v) is 8.50. The zero-order valence-electron chi connectivity index (χ0n) is 14.3. The lowest BCUT2D eigenvalue weighted by Gasteiger charge is -2.13. The molecule has 0 saturated heterocycles. The molecule has 0 aliphatic carbocycles. The number of carbonyl (C=O) groups is 2. The van der Waals surface area contributed by atoms with E-state index < -0.39 is 17.9 Å². The number of nitrogens with one attached hydrogen (secondary N) is 1.